The Hall–Kier alpha value is -2.13. The maximum atomic E-state index is 13.2. The van der Waals surface area contributed by atoms with Crippen LogP contribution < -0.4 is 4.90 Å². The number of amides is 1. The van der Waals surface area contributed by atoms with E-state index in [4.69, 9.17) is 4.74 Å². The van der Waals surface area contributed by atoms with E-state index in [1.54, 1.807) is 24.0 Å². The summed E-state index contributed by atoms with van der Waals surface area (Å²) in [5, 5.41) is 0. The van der Waals surface area contributed by atoms with Gasteiger partial charge in [-0.05, 0) is 63.6 Å². The van der Waals surface area contributed by atoms with Crippen LogP contribution in [0.2, 0.25) is 0 Å². The van der Waals surface area contributed by atoms with Crippen LogP contribution in [-0.4, -0.2) is 74.9 Å². The number of piperidine rings is 1. The molecule has 3 aliphatic rings. The molecule has 9 heteroatoms. The van der Waals surface area contributed by atoms with Gasteiger partial charge in [0.1, 0.15) is 0 Å². The molecule has 8 nitrogen and oxygen atoms in total. The van der Waals surface area contributed by atoms with Gasteiger partial charge in [0.15, 0.2) is 6.10 Å². The molecule has 3 aliphatic heterocycles. The summed E-state index contributed by atoms with van der Waals surface area (Å²) in [5.74, 6) is -0.849. The molecule has 0 aromatic heterocycles. The van der Waals surface area contributed by atoms with Gasteiger partial charge in [-0.15, -0.1) is 0 Å². The van der Waals surface area contributed by atoms with E-state index in [2.05, 4.69) is 4.90 Å². The predicted molar refractivity (Wildman–Crippen MR) is 121 cm³/mol. The third-order valence-electron chi connectivity index (χ3n) is 6.64. The summed E-state index contributed by atoms with van der Waals surface area (Å²) in [7, 11) is -3.68. The van der Waals surface area contributed by atoms with Crippen LogP contribution >= 0.6 is 0 Å². The van der Waals surface area contributed by atoms with Crippen LogP contribution in [0, 0.1) is 0 Å². The number of sulfonamides is 1. The summed E-state index contributed by atoms with van der Waals surface area (Å²) in [5.41, 5.74) is 0.886. The molecule has 0 spiro atoms. The Labute approximate surface area is 190 Å². The molecule has 1 aromatic rings. The predicted octanol–water partition coefficient (Wildman–Crippen LogP) is 2.63. The lowest BCUT2D eigenvalue weighted by molar-refractivity contribution is -0.138. The molecule has 0 saturated carbocycles. The maximum absolute atomic E-state index is 13.2. The van der Waals surface area contributed by atoms with E-state index in [1.165, 1.54) is 10.4 Å². The van der Waals surface area contributed by atoms with Gasteiger partial charge >= 0.3 is 5.97 Å². The first-order valence-corrected chi connectivity index (χ1v) is 13.2. The molecule has 1 aromatic carbocycles. The van der Waals surface area contributed by atoms with Crippen molar-refractivity contribution in [3.8, 4) is 0 Å². The number of anilines is 1. The van der Waals surface area contributed by atoms with Gasteiger partial charge in [-0.2, -0.15) is 4.31 Å². The fourth-order valence-electron chi connectivity index (χ4n) is 4.80. The van der Waals surface area contributed by atoms with Crippen LogP contribution in [0.4, 0.5) is 5.69 Å². The minimum atomic E-state index is -3.68. The smallest absolute Gasteiger partial charge is 0.341 e. The van der Waals surface area contributed by atoms with Crippen molar-refractivity contribution in [3.05, 3.63) is 23.8 Å². The summed E-state index contributed by atoms with van der Waals surface area (Å²) < 4.78 is 33.5. The van der Waals surface area contributed by atoms with E-state index in [1.807, 2.05) is 0 Å². The third-order valence-corrected chi connectivity index (χ3v) is 8.53. The maximum Gasteiger partial charge on any atom is 0.341 e. The molecule has 0 radical (unpaired) electrons. The quantitative estimate of drug-likeness (QED) is 0.603. The summed E-state index contributed by atoms with van der Waals surface area (Å²) in [6, 6.07) is 4.74. The monoisotopic (exact) mass is 463 g/mol. The number of likely N-dealkylation sites (tertiary alicyclic amines) is 1. The lowest BCUT2D eigenvalue weighted by Crippen LogP contribution is -2.38. The van der Waals surface area contributed by atoms with Crippen molar-refractivity contribution < 1.29 is 22.7 Å². The van der Waals surface area contributed by atoms with Crippen molar-refractivity contribution in [2.75, 3.05) is 44.2 Å². The zero-order chi connectivity index (χ0) is 22.7. The average Bonchev–Trinajstić information content (AvgIpc) is 3.53. The molecule has 0 bridgehead atoms. The van der Waals surface area contributed by atoms with Gasteiger partial charge < -0.3 is 14.5 Å². The number of benzene rings is 1. The number of ether oxygens (including phenoxy) is 1. The van der Waals surface area contributed by atoms with Crippen LogP contribution in [-0.2, 0) is 19.6 Å². The van der Waals surface area contributed by atoms with Crippen LogP contribution in [0.5, 0.6) is 0 Å². The Morgan fingerprint density at radius 2 is 1.47 bits per heavy atom. The molecule has 0 aliphatic carbocycles. The van der Waals surface area contributed by atoms with Crippen molar-refractivity contribution in [2.45, 2.75) is 62.9 Å². The number of esters is 1. The molecule has 1 amide bonds. The van der Waals surface area contributed by atoms with Gasteiger partial charge in [0.05, 0.1) is 16.1 Å². The fourth-order valence-corrected chi connectivity index (χ4v) is 6.34. The van der Waals surface area contributed by atoms with E-state index < -0.39 is 22.1 Å². The second kappa shape index (κ2) is 9.79. The van der Waals surface area contributed by atoms with E-state index in [-0.39, 0.29) is 16.4 Å². The highest BCUT2D eigenvalue weighted by Gasteiger charge is 2.31. The first-order valence-electron chi connectivity index (χ1n) is 11.8. The van der Waals surface area contributed by atoms with Crippen molar-refractivity contribution in [1.29, 1.82) is 0 Å². The Kier molecular flexibility index (Phi) is 7.05. The van der Waals surface area contributed by atoms with E-state index in [0.717, 1.165) is 58.0 Å². The highest BCUT2D eigenvalue weighted by molar-refractivity contribution is 7.89. The van der Waals surface area contributed by atoms with Crippen molar-refractivity contribution >= 4 is 27.6 Å². The molecule has 3 heterocycles. The van der Waals surface area contributed by atoms with Gasteiger partial charge in [-0.25, -0.2) is 13.2 Å². The minimum Gasteiger partial charge on any atom is -0.449 e. The normalized spacial score (nSPS) is 21.0. The number of carbonyl (C=O) groups is 2. The van der Waals surface area contributed by atoms with Gasteiger partial charge in [0.25, 0.3) is 5.91 Å². The topological polar surface area (TPSA) is 87.2 Å². The highest BCUT2D eigenvalue weighted by Crippen LogP contribution is 2.30. The van der Waals surface area contributed by atoms with Crippen LogP contribution in [0.25, 0.3) is 0 Å². The largest absolute Gasteiger partial charge is 0.449 e. The number of nitrogens with zero attached hydrogens (tertiary/aromatic N) is 3. The second-order valence-electron chi connectivity index (χ2n) is 8.92. The number of carbonyl (C=O) groups excluding carboxylic acids is 2. The SMILES string of the molecule is CC(OC(=O)c1cc(S(=O)(=O)N2CCCCC2)ccc1N1CCCC1)C(=O)N1CCCC1. The second-order valence-corrected chi connectivity index (χ2v) is 10.9. The molecule has 1 unspecified atom stereocenters. The molecule has 3 saturated heterocycles. The Balaban J connectivity index is 1.60. The van der Waals surface area contributed by atoms with Crippen molar-refractivity contribution in [1.82, 2.24) is 9.21 Å². The molecule has 4 rings (SSSR count). The van der Waals surface area contributed by atoms with Gasteiger partial charge in [-0.1, -0.05) is 6.42 Å². The average molecular weight is 464 g/mol. The van der Waals surface area contributed by atoms with Crippen LogP contribution in [0.3, 0.4) is 0 Å². The number of hydrogen-bond acceptors (Lipinski definition) is 6. The summed E-state index contributed by atoms with van der Waals surface area (Å²) >= 11 is 0. The zero-order valence-corrected chi connectivity index (χ0v) is 19.6. The lowest BCUT2D eigenvalue weighted by atomic mass is 10.1. The fraction of sp³-hybridized carbons (Fsp3) is 0.652. The molecule has 1 atom stereocenters. The Morgan fingerprint density at radius 3 is 2.12 bits per heavy atom. The molecule has 176 valence electrons. The Morgan fingerprint density at radius 1 is 0.875 bits per heavy atom. The first-order chi connectivity index (χ1) is 15.4. The van der Waals surface area contributed by atoms with Gasteiger partial charge in [-0.3, -0.25) is 4.79 Å². The van der Waals surface area contributed by atoms with Crippen LogP contribution in [0.1, 0.15) is 62.2 Å². The zero-order valence-electron chi connectivity index (χ0n) is 18.8. The number of rotatable bonds is 6. The van der Waals surface area contributed by atoms with E-state index >= 15 is 0 Å². The summed E-state index contributed by atoms with van der Waals surface area (Å²) in [6.45, 7) is 5.56. The standard InChI is InChI=1S/C23H33N3O5S/c1-18(22(27)25-13-7-8-14-25)31-23(28)20-17-19(9-10-21(20)24-11-5-6-12-24)32(29,30)26-15-3-2-4-16-26/h9-10,17-18H,2-8,11-16H2,1H3. The number of hydrogen-bond donors (Lipinski definition) is 0. The van der Waals surface area contributed by atoms with Gasteiger partial charge in [0, 0.05) is 39.3 Å². The summed E-state index contributed by atoms with van der Waals surface area (Å²) in [4.78, 5) is 29.7. The lowest BCUT2D eigenvalue weighted by Gasteiger charge is -2.27. The minimum absolute atomic E-state index is 0.104. The van der Waals surface area contributed by atoms with Crippen molar-refractivity contribution in [2.24, 2.45) is 0 Å². The molecule has 0 N–H and O–H groups in total. The Bertz CT molecular complexity index is 946. The molecular weight excluding hydrogens is 430 g/mol. The molecular formula is C23H33N3O5S. The molecule has 32 heavy (non-hydrogen) atoms. The van der Waals surface area contributed by atoms with Crippen LogP contribution in [0.15, 0.2) is 23.1 Å². The highest BCUT2D eigenvalue weighted by atomic mass is 32.2. The van der Waals surface area contributed by atoms with Gasteiger partial charge in [0.2, 0.25) is 10.0 Å². The van der Waals surface area contributed by atoms with E-state index in [9.17, 15) is 18.0 Å². The molecule has 3 fully saturated rings. The van der Waals surface area contributed by atoms with E-state index in [0.29, 0.717) is 31.9 Å². The first kappa shape index (κ1) is 23.0. The van der Waals surface area contributed by atoms with Crippen molar-refractivity contribution in [3.63, 3.8) is 0 Å². The summed E-state index contributed by atoms with van der Waals surface area (Å²) in [6.07, 6.45) is 5.77. The third kappa shape index (κ3) is 4.78.